The lowest BCUT2D eigenvalue weighted by Gasteiger charge is -2.43. The molecule has 1 saturated carbocycles. The molecule has 2 atom stereocenters. The van der Waals surface area contributed by atoms with Crippen LogP contribution in [0, 0.1) is 0 Å². The zero-order valence-corrected chi connectivity index (χ0v) is 11.0. The molecular formula is C17H16O2. The number of carbonyl (C=O) groups is 1. The predicted octanol–water partition coefficient (Wildman–Crippen LogP) is 3.73. The van der Waals surface area contributed by atoms with Crippen LogP contribution in [-0.4, -0.2) is 13.1 Å². The fourth-order valence-electron chi connectivity index (χ4n) is 3.25. The summed E-state index contributed by atoms with van der Waals surface area (Å²) in [7, 11) is 1.40. The largest absolute Gasteiger partial charge is 0.465 e. The summed E-state index contributed by atoms with van der Waals surface area (Å²) >= 11 is 0. The number of hydrogen-bond acceptors (Lipinski definition) is 2. The minimum Gasteiger partial charge on any atom is -0.465 e. The van der Waals surface area contributed by atoms with Crippen molar-refractivity contribution in [1.82, 2.24) is 0 Å². The van der Waals surface area contributed by atoms with Crippen molar-refractivity contribution in [2.45, 2.75) is 18.3 Å². The molecule has 96 valence electrons. The third-order valence-electron chi connectivity index (χ3n) is 4.25. The van der Waals surface area contributed by atoms with Crippen LogP contribution in [0.5, 0.6) is 0 Å². The zero-order chi connectivity index (χ0) is 13.7. The van der Waals surface area contributed by atoms with E-state index >= 15 is 0 Å². The molecule has 0 spiro atoms. The summed E-state index contributed by atoms with van der Waals surface area (Å²) in [5, 5.41) is 0. The van der Waals surface area contributed by atoms with Gasteiger partial charge in [0.1, 0.15) is 0 Å². The van der Waals surface area contributed by atoms with Gasteiger partial charge in [-0.3, -0.25) is 0 Å². The Labute approximate surface area is 113 Å². The SMILES string of the molecule is C=C1C(=C)C2C(=C)CC1c1ccc(C(=O)OC)cc12. The summed E-state index contributed by atoms with van der Waals surface area (Å²) in [6.45, 7) is 12.5. The lowest BCUT2D eigenvalue weighted by Crippen LogP contribution is -2.27. The highest BCUT2D eigenvalue weighted by molar-refractivity contribution is 5.90. The molecule has 0 heterocycles. The Bertz CT molecular complexity index is 637. The number of hydrogen-bond donors (Lipinski definition) is 0. The summed E-state index contributed by atoms with van der Waals surface area (Å²) in [6.07, 6.45) is 0.938. The number of rotatable bonds is 1. The van der Waals surface area contributed by atoms with Gasteiger partial charge in [0.25, 0.3) is 0 Å². The third-order valence-corrected chi connectivity index (χ3v) is 4.25. The molecule has 0 amide bonds. The van der Waals surface area contributed by atoms with Crippen molar-refractivity contribution in [2.75, 3.05) is 7.11 Å². The highest BCUT2D eigenvalue weighted by Gasteiger charge is 2.40. The van der Waals surface area contributed by atoms with E-state index in [-0.39, 0.29) is 17.8 Å². The van der Waals surface area contributed by atoms with Crippen molar-refractivity contribution in [3.63, 3.8) is 0 Å². The van der Waals surface area contributed by atoms with E-state index in [4.69, 9.17) is 4.74 Å². The van der Waals surface area contributed by atoms with E-state index in [1.807, 2.05) is 18.2 Å². The highest BCUT2D eigenvalue weighted by atomic mass is 16.5. The summed E-state index contributed by atoms with van der Waals surface area (Å²) in [5.41, 5.74) is 6.28. The van der Waals surface area contributed by atoms with Crippen molar-refractivity contribution < 1.29 is 9.53 Å². The van der Waals surface area contributed by atoms with Gasteiger partial charge in [-0.25, -0.2) is 4.79 Å². The van der Waals surface area contributed by atoms with Crippen LogP contribution >= 0.6 is 0 Å². The van der Waals surface area contributed by atoms with Gasteiger partial charge in [0, 0.05) is 11.8 Å². The first kappa shape index (κ1) is 12.0. The number of carbonyl (C=O) groups excluding carboxylic acids is 1. The van der Waals surface area contributed by atoms with Crippen LogP contribution < -0.4 is 0 Å². The summed E-state index contributed by atoms with van der Waals surface area (Å²) in [6, 6.07) is 5.76. The molecular weight excluding hydrogens is 236 g/mol. The first-order valence-electron chi connectivity index (χ1n) is 6.32. The smallest absolute Gasteiger partial charge is 0.337 e. The molecule has 0 radical (unpaired) electrons. The van der Waals surface area contributed by atoms with Gasteiger partial charge in [-0.2, -0.15) is 0 Å². The number of ether oxygens (including phenoxy) is 1. The fourth-order valence-corrected chi connectivity index (χ4v) is 3.25. The molecule has 2 nitrogen and oxygen atoms in total. The van der Waals surface area contributed by atoms with Crippen molar-refractivity contribution in [3.05, 3.63) is 71.3 Å². The van der Waals surface area contributed by atoms with E-state index in [1.165, 1.54) is 12.7 Å². The van der Waals surface area contributed by atoms with E-state index in [1.54, 1.807) is 0 Å². The quantitative estimate of drug-likeness (QED) is 0.562. The molecule has 2 unspecified atom stereocenters. The number of esters is 1. The standard InChI is InChI=1S/C17H16O2/c1-9-7-14-10(2)11(3)16(9)15-8-12(17(18)19-4)5-6-13(14)15/h5-6,8,14,16H,1-3,7H2,4H3. The molecule has 4 rings (SSSR count). The van der Waals surface area contributed by atoms with E-state index in [9.17, 15) is 4.79 Å². The molecule has 1 aromatic carbocycles. The van der Waals surface area contributed by atoms with Crippen molar-refractivity contribution in [3.8, 4) is 0 Å². The Morgan fingerprint density at radius 1 is 1.21 bits per heavy atom. The van der Waals surface area contributed by atoms with Gasteiger partial charge >= 0.3 is 5.97 Å². The Morgan fingerprint density at radius 2 is 1.95 bits per heavy atom. The molecule has 0 N–H and O–H groups in total. The Kier molecular flexibility index (Phi) is 2.49. The van der Waals surface area contributed by atoms with E-state index in [0.29, 0.717) is 5.56 Å². The van der Waals surface area contributed by atoms with Crippen molar-refractivity contribution in [1.29, 1.82) is 0 Å². The minimum atomic E-state index is -0.306. The normalized spacial score (nSPS) is 24.4. The Morgan fingerprint density at radius 3 is 2.63 bits per heavy atom. The van der Waals surface area contributed by atoms with Gasteiger partial charge in [0.05, 0.1) is 12.7 Å². The number of allylic oxidation sites excluding steroid dienone is 3. The second-order valence-electron chi connectivity index (χ2n) is 5.23. The Hall–Kier alpha value is -2.09. The Balaban J connectivity index is 2.19. The van der Waals surface area contributed by atoms with Crippen LogP contribution in [0.2, 0.25) is 0 Å². The second kappa shape index (κ2) is 3.95. The monoisotopic (exact) mass is 252 g/mol. The molecule has 0 saturated heterocycles. The lowest BCUT2D eigenvalue weighted by molar-refractivity contribution is 0.0600. The van der Waals surface area contributed by atoms with Crippen LogP contribution in [0.1, 0.15) is 39.7 Å². The maximum Gasteiger partial charge on any atom is 0.337 e. The summed E-state index contributed by atoms with van der Waals surface area (Å²) in [4.78, 5) is 11.6. The minimum absolute atomic E-state index is 0.108. The average molecular weight is 252 g/mol. The van der Waals surface area contributed by atoms with Crippen LogP contribution in [0.4, 0.5) is 0 Å². The maximum absolute atomic E-state index is 11.6. The van der Waals surface area contributed by atoms with Gasteiger partial charge in [-0.05, 0) is 40.8 Å². The maximum atomic E-state index is 11.6. The first-order chi connectivity index (χ1) is 9.04. The van der Waals surface area contributed by atoms with Crippen molar-refractivity contribution >= 4 is 5.97 Å². The lowest BCUT2D eigenvalue weighted by atomic mass is 9.60. The number of methoxy groups -OCH3 is 1. The summed E-state index contributed by atoms with van der Waals surface area (Å²) in [5.74, 6) is 0.0723. The molecule has 1 fully saturated rings. The zero-order valence-electron chi connectivity index (χ0n) is 11.0. The van der Waals surface area contributed by atoms with E-state index < -0.39 is 0 Å². The van der Waals surface area contributed by atoms with Crippen molar-refractivity contribution in [2.24, 2.45) is 0 Å². The van der Waals surface area contributed by atoms with Crippen LogP contribution in [0.15, 0.2) is 54.7 Å². The number of benzene rings is 1. The van der Waals surface area contributed by atoms with Crippen LogP contribution in [0.3, 0.4) is 0 Å². The molecule has 19 heavy (non-hydrogen) atoms. The summed E-state index contributed by atoms with van der Waals surface area (Å²) < 4.78 is 4.78. The number of fused-ring (bicyclic) bond motifs is 2. The first-order valence-corrected chi connectivity index (χ1v) is 6.32. The predicted molar refractivity (Wildman–Crippen MR) is 75.3 cm³/mol. The van der Waals surface area contributed by atoms with E-state index in [2.05, 4.69) is 19.7 Å². The highest BCUT2D eigenvalue weighted by Crippen LogP contribution is 2.56. The van der Waals surface area contributed by atoms with E-state index in [0.717, 1.165) is 28.7 Å². The van der Waals surface area contributed by atoms with Gasteiger partial charge in [0.15, 0.2) is 0 Å². The van der Waals surface area contributed by atoms with Gasteiger partial charge in [-0.15, -0.1) is 0 Å². The van der Waals surface area contributed by atoms with Crippen LogP contribution in [0.25, 0.3) is 0 Å². The molecule has 0 aromatic heterocycles. The molecule has 2 heteroatoms. The molecule has 1 aromatic rings. The topological polar surface area (TPSA) is 26.3 Å². The third kappa shape index (κ3) is 1.53. The second-order valence-corrected chi connectivity index (χ2v) is 5.23. The van der Waals surface area contributed by atoms with Gasteiger partial charge in [-0.1, -0.05) is 31.4 Å². The fraction of sp³-hybridized carbons (Fsp3) is 0.235. The molecule has 3 aliphatic carbocycles. The molecule has 3 aliphatic rings. The van der Waals surface area contributed by atoms with Crippen LogP contribution in [-0.2, 0) is 4.74 Å². The van der Waals surface area contributed by atoms with Gasteiger partial charge < -0.3 is 4.74 Å². The van der Waals surface area contributed by atoms with Gasteiger partial charge in [0.2, 0.25) is 0 Å². The molecule has 2 bridgehead atoms. The average Bonchev–Trinajstić information content (AvgIpc) is 2.42. The molecule has 0 aliphatic heterocycles.